The highest BCUT2D eigenvalue weighted by molar-refractivity contribution is 7.10. The van der Waals surface area contributed by atoms with Crippen LogP contribution in [-0.4, -0.2) is 33.6 Å². The van der Waals surface area contributed by atoms with Crippen molar-refractivity contribution in [2.75, 3.05) is 7.05 Å². The molecule has 3 heterocycles. The summed E-state index contributed by atoms with van der Waals surface area (Å²) in [5.41, 5.74) is 1.68. The van der Waals surface area contributed by atoms with Gasteiger partial charge in [0.05, 0.1) is 11.6 Å². The van der Waals surface area contributed by atoms with Crippen molar-refractivity contribution in [3.8, 4) is 17.2 Å². The van der Waals surface area contributed by atoms with Gasteiger partial charge in [-0.05, 0) is 72.5 Å². The number of thiophene rings is 1. The molecule has 1 saturated heterocycles. The Morgan fingerprint density at radius 2 is 1.92 bits per heavy atom. The maximum absolute atomic E-state index is 14.2. The van der Waals surface area contributed by atoms with E-state index in [1.165, 1.54) is 10.5 Å². The standard InChI is InChI=1S/C29H28N6OS/c1-28(25-18-24(20-37-25)23-13-6-11-22(17-23)19-30)29(35-16-8-15-32-35,26(36)34(2)27(31)33-28)14-7-12-21-9-4-3-5-10-21/h3-6,8-11,13,15-18,20H,7,12,14H2,1-2H3,(H2,31,33). The Morgan fingerprint density at radius 3 is 2.65 bits per heavy atom. The third-order valence-corrected chi connectivity index (χ3v) is 8.50. The van der Waals surface area contributed by atoms with Crippen LogP contribution in [0.15, 0.2) is 84.5 Å². The number of likely N-dealkylation sites (N-methyl/N-ethyl adjacent to an activating group) is 1. The van der Waals surface area contributed by atoms with Crippen LogP contribution in [0.5, 0.6) is 0 Å². The fourth-order valence-corrected chi connectivity index (χ4v) is 6.40. The Labute approximate surface area is 220 Å². The molecule has 8 heteroatoms. The minimum atomic E-state index is -1.10. The molecule has 1 aliphatic heterocycles. The van der Waals surface area contributed by atoms with E-state index >= 15 is 0 Å². The first-order valence-corrected chi connectivity index (χ1v) is 13.1. The Morgan fingerprint density at radius 1 is 1.11 bits per heavy atom. The molecule has 0 spiro atoms. The van der Waals surface area contributed by atoms with Crippen LogP contribution in [0.1, 0.15) is 35.8 Å². The number of aryl methyl sites for hydroxylation is 1. The Hall–Kier alpha value is -4.22. The average Bonchev–Trinajstić information content (AvgIpc) is 3.64. The number of hydrogen-bond acceptors (Lipinski definition) is 5. The number of nitrogens with one attached hydrogen (secondary N) is 2. The van der Waals surface area contributed by atoms with Gasteiger partial charge in [-0.25, -0.2) is 0 Å². The maximum atomic E-state index is 14.2. The van der Waals surface area contributed by atoms with Gasteiger partial charge in [0.15, 0.2) is 11.5 Å². The molecule has 1 aliphatic rings. The number of carbonyl (C=O) groups is 1. The lowest BCUT2D eigenvalue weighted by molar-refractivity contribution is -0.145. The van der Waals surface area contributed by atoms with Crippen molar-refractivity contribution in [1.29, 1.82) is 10.7 Å². The molecule has 2 atom stereocenters. The number of hydrogen-bond donors (Lipinski definition) is 2. The lowest BCUT2D eigenvalue weighted by Gasteiger charge is -2.53. The predicted octanol–water partition coefficient (Wildman–Crippen LogP) is 5.11. The summed E-state index contributed by atoms with van der Waals surface area (Å²) in [4.78, 5) is 16.5. The lowest BCUT2D eigenvalue weighted by atomic mass is 9.70. The van der Waals surface area contributed by atoms with Crippen LogP contribution in [0.2, 0.25) is 0 Å². The number of aromatic nitrogens is 2. The first-order valence-electron chi connectivity index (χ1n) is 12.2. The average molecular weight is 509 g/mol. The molecule has 0 aliphatic carbocycles. The lowest BCUT2D eigenvalue weighted by Crippen LogP contribution is -2.73. The van der Waals surface area contributed by atoms with Crippen molar-refractivity contribution in [3.05, 3.63) is 101 Å². The van der Waals surface area contributed by atoms with E-state index in [9.17, 15) is 10.1 Å². The monoisotopic (exact) mass is 508 g/mol. The predicted molar refractivity (Wildman–Crippen MR) is 145 cm³/mol. The summed E-state index contributed by atoms with van der Waals surface area (Å²) in [6.45, 7) is 2.00. The van der Waals surface area contributed by atoms with Crippen molar-refractivity contribution >= 4 is 23.2 Å². The van der Waals surface area contributed by atoms with Gasteiger partial charge in [0.25, 0.3) is 5.91 Å². The normalized spacial score (nSPS) is 21.5. The van der Waals surface area contributed by atoms with E-state index in [4.69, 9.17) is 5.41 Å². The van der Waals surface area contributed by atoms with Crippen LogP contribution in [0.25, 0.3) is 11.1 Å². The number of guanidine groups is 1. The van der Waals surface area contributed by atoms with Crippen molar-refractivity contribution in [3.63, 3.8) is 0 Å². The van der Waals surface area contributed by atoms with Gasteiger partial charge in [-0.2, -0.15) is 10.4 Å². The summed E-state index contributed by atoms with van der Waals surface area (Å²) >= 11 is 1.54. The SMILES string of the molecule is CN1C(=N)NC(C)(c2cc(-c3cccc(C#N)c3)cs2)C(CCCc2ccccc2)(n2cccn2)C1=O. The van der Waals surface area contributed by atoms with E-state index in [0.717, 1.165) is 28.8 Å². The van der Waals surface area contributed by atoms with Crippen LogP contribution in [0, 0.1) is 16.7 Å². The largest absolute Gasteiger partial charge is 0.343 e. The third kappa shape index (κ3) is 4.11. The van der Waals surface area contributed by atoms with Crippen LogP contribution in [0.3, 0.4) is 0 Å². The van der Waals surface area contributed by atoms with E-state index in [0.29, 0.717) is 12.0 Å². The molecule has 5 rings (SSSR count). The second kappa shape index (κ2) is 9.68. The molecule has 186 valence electrons. The molecule has 4 aromatic rings. The second-order valence-corrected chi connectivity index (χ2v) is 10.4. The molecular formula is C29H28N6OS. The molecule has 2 N–H and O–H groups in total. The van der Waals surface area contributed by atoms with Gasteiger partial charge in [0, 0.05) is 24.3 Å². The van der Waals surface area contributed by atoms with Gasteiger partial charge in [-0.1, -0.05) is 42.5 Å². The van der Waals surface area contributed by atoms with Crippen molar-refractivity contribution in [2.24, 2.45) is 0 Å². The van der Waals surface area contributed by atoms with Gasteiger partial charge in [-0.3, -0.25) is 19.8 Å². The number of carbonyl (C=O) groups excluding carboxylic acids is 1. The minimum Gasteiger partial charge on any atom is -0.343 e. The van der Waals surface area contributed by atoms with Gasteiger partial charge < -0.3 is 5.32 Å². The zero-order chi connectivity index (χ0) is 26.0. The van der Waals surface area contributed by atoms with E-state index in [1.54, 1.807) is 35.3 Å². The molecule has 0 bridgehead atoms. The molecule has 2 aromatic carbocycles. The molecule has 7 nitrogen and oxygen atoms in total. The fraction of sp³-hybridized carbons (Fsp3) is 0.241. The first-order chi connectivity index (χ1) is 17.9. The number of nitrogens with zero attached hydrogens (tertiary/aromatic N) is 4. The van der Waals surface area contributed by atoms with Crippen molar-refractivity contribution < 1.29 is 4.79 Å². The van der Waals surface area contributed by atoms with Crippen molar-refractivity contribution in [2.45, 2.75) is 37.3 Å². The Kier molecular flexibility index (Phi) is 6.40. The minimum absolute atomic E-state index is 0.0553. The van der Waals surface area contributed by atoms with E-state index in [2.05, 4.69) is 34.7 Å². The topological polar surface area (TPSA) is 97.8 Å². The second-order valence-electron chi connectivity index (χ2n) is 9.51. The molecule has 2 unspecified atom stereocenters. The van der Waals surface area contributed by atoms with E-state index in [1.807, 2.05) is 61.0 Å². The number of benzene rings is 2. The van der Waals surface area contributed by atoms with Crippen molar-refractivity contribution in [1.82, 2.24) is 20.0 Å². The smallest absolute Gasteiger partial charge is 0.259 e. The van der Waals surface area contributed by atoms with E-state index < -0.39 is 11.1 Å². The van der Waals surface area contributed by atoms with Crippen LogP contribution >= 0.6 is 11.3 Å². The number of rotatable bonds is 7. The summed E-state index contributed by atoms with van der Waals surface area (Å²) in [5.74, 6) is -0.114. The zero-order valence-corrected chi connectivity index (χ0v) is 21.6. The first kappa shape index (κ1) is 24.5. The molecule has 0 radical (unpaired) electrons. The van der Waals surface area contributed by atoms with Crippen LogP contribution in [0.4, 0.5) is 0 Å². The number of nitriles is 1. The summed E-state index contributed by atoms with van der Waals surface area (Å²) in [6, 6.07) is 23.9. The Balaban J connectivity index is 1.60. The maximum Gasteiger partial charge on any atom is 0.259 e. The quantitative estimate of drug-likeness (QED) is 0.362. The molecule has 1 fully saturated rings. The number of amides is 1. The fourth-order valence-electron chi connectivity index (χ4n) is 5.29. The molecule has 2 aromatic heterocycles. The van der Waals surface area contributed by atoms with Gasteiger partial charge in [-0.15, -0.1) is 11.3 Å². The summed E-state index contributed by atoms with van der Waals surface area (Å²) < 4.78 is 1.77. The highest BCUT2D eigenvalue weighted by Gasteiger charge is 2.62. The van der Waals surface area contributed by atoms with Gasteiger partial charge >= 0.3 is 0 Å². The third-order valence-electron chi connectivity index (χ3n) is 7.35. The Bertz CT molecular complexity index is 1470. The zero-order valence-electron chi connectivity index (χ0n) is 20.8. The summed E-state index contributed by atoms with van der Waals surface area (Å²) in [7, 11) is 1.64. The van der Waals surface area contributed by atoms with E-state index in [-0.39, 0.29) is 11.9 Å². The van der Waals surface area contributed by atoms with Gasteiger partial charge in [0.1, 0.15) is 5.54 Å². The van der Waals surface area contributed by atoms with Crippen LogP contribution in [-0.2, 0) is 22.3 Å². The summed E-state index contributed by atoms with van der Waals surface area (Å²) in [6.07, 6.45) is 5.65. The molecular weight excluding hydrogens is 480 g/mol. The highest BCUT2D eigenvalue weighted by Crippen LogP contribution is 2.48. The molecule has 37 heavy (non-hydrogen) atoms. The molecule has 1 amide bonds. The highest BCUT2D eigenvalue weighted by atomic mass is 32.1. The molecule has 0 saturated carbocycles. The van der Waals surface area contributed by atoms with Gasteiger partial charge in [0.2, 0.25) is 0 Å². The van der Waals surface area contributed by atoms with Crippen LogP contribution < -0.4 is 5.32 Å². The summed E-state index contributed by atoms with van der Waals surface area (Å²) in [5, 5.41) is 28.0.